The van der Waals surface area contributed by atoms with Crippen LogP contribution in [0.15, 0.2) is 22.8 Å². The molecule has 1 N–H and O–H groups in total. The summed E-state index contributed by atoms with van der Waals surface area (Å²) in [6.07, 6.45) is 1.49. The zero-order chi connectivity index (χ0) is 22.3. The summed E-state index contributed by atoms with van der Waals surface area (Å²) in [6.45, 7) is 7.35. The molecule has 0 radical (unpaired) electrons. The van der Waals surface area contributed by atoms with Crippen LogP contribution in [0.1, 0.15) is 33.6 Å². The van der Waals surface area contributed by atoms with Gasteiger partial charge in [-0.05, 0) is 32.9 Å². The number of carbonyl (C=O) groups is 3. The minimum atomic E-state index is -0.622. The van der Waals surface area contributed by atoms with Gasteiger partial charge in [0.25, 0.3) is 0 Å². The zero-order valence-electron chi connectivity index (χ0n) is 17.8. The van der Waals surface area contributed by atoms with E-state index >= 15 is 0 Å². The molecule has 1 saturated heterocycles. The van der Waals surface area contributed by atoms with E-state index in [-0.39, 0.29) is 24.8 Å². The standard InChI is InChI=1S/C20H29BrN4O5/c1-20(2,3)30-19(28)25-10-9-24(13-15(25)12-18(27)29-4)8-6-17(26)23-16-11-14(21)5-7-22-16/h5,7,11,15H,6,8-10,12-13H2,1-4H3,(H,22,23,26). The number of nitrogens with zero attached hydrogens (tertiary/aromatic N) is 3. The van der Waals surface area contributed by atoms with Crippen molar-refractivity contribution in [3.05, 3.63) is 22.8 Å². The van der Waals surface area contributed by atoms with Gasteiger partial charge in [-0.3, -0.25) is 14.5 Å². The molecular weight excluding hydrogens is 456 g/mol. The van der Waals surface area contributed by atoms with E-state index in [0.29, 0.717) is 32.0 Å². The number of ether oxygens (including phenoxy) is 2. The number of methoxy groups -OCH3 is 1. The average molecular weight is 485 g/mol. The summed E-state index contributed by atoms with van der Waals surface area (Å²) in [6, 6.07) is 3.13. The summed E-state index contributed by atoms with van der Waals surface area (Å²) >= 11 is 3.34. The molecule has 1 unspecified atom stereocenters. The lowest BCUT2D eigenvalue weighted by Crippen LogP contribution is -2.57. The van der Waals surface area contributed by atoms with Crippen molar-refractivity contribution in [1.29, 1.82) is 0 Å². The maximum atomic E-state index is 12.6. The van der Waals surface area contributed by atoms with E-state index in [1.54, 1.807) is 44.0 Å². The largest absolute Gasteiger partial charge is 0.469 e. The molecule has 0 saturated carbocycles. The normalized spacial score (nSPS) is 17.4. The zero-order valence-corrected chi connectivity index (χ0v) is 19.4. The second kappa shape index (κ2) is 10.7. The van der Waals surface area contributed by atoms with E-state index in [4.69, 9.17) is 9.47 Å². The highest BCUT2D eigenvalue weighted by molar-refractivity contribution is 9.10. The summed E-state index contributed by atoms with van der Waals surface area (Å²) in [7, 11) is 1.32. The topological polar surface area (TPSA) is 101 Å². The van der Waals surface area contributed by atoms with Gasteiger partial charge in [-0.15, -0.1) is 0 Å². The highest BCUT2D eigenvalue weighted by atomic mass is 79.9. The molecule has 0 aromatic carbocycles. The Morgan fingerprint density at radius 1 is 1.30 bits per heavy atom. The number of nitrogens with one attached hydrogen (secondary N) is 1. The minimum Gasteiger partial charge on any atom is -0.469 e. The molecule has 2 amide bonds. The third-order valence-electron chi connectivity index (χ3n) is 4.47. The number of carbonyl (C=O) groups excluding carboxylic acids is 3. The third-order valence-corrected chi connectivity index (χ3v) is 4.96. The quantitative estimate of drug-likeness (QED) is 0.619. The number of hydrogen-bond acceptors (Lipinski definition) is 7. The molecule has 166 valence electrons. The Balaban J connectivity index is 1.93. The Kier molecular flexibility index (Phi) is 8.60. The van der Waals surface area contributed by atoms with E-state index < -0.39 is 17.7 Å². The Morgan fingerprint density at radius 3 is 2.67 bits per heavy atom. The van der Waals surface area contributed by atoms with Crippen molar-refractivity contribution < 1.29 is 23.9 Å². The number of pyridine rings is 1. The third kappa shape index (κ3) is 7.91. The summed E-state index contributed by atoms with van der Waals surface area (Å²) in [5, 5.41) is 2.76. The van der Waals surface area contributed by atoms with Crippen LogP contribution in [0, 0.1) is 0 Å². The Bertz CT molecular complexity index is 768. The Hall–Kier alpha value is -2.20. The Labute approximate surface area is 185 Å². The second-order valence-electron chi connectivity index (χ2n) is 8.07. The van der Waals surface area contributed by atoms with Crippen LogP contribution in [-0.2, 0) is 19.1 Å². The molecule has 1 aliphatic rings. The van der Waals surface area contributed by atoms with Crippen LogP contribution in [0.5, 0.6) is 0 Å². The number of anilines is 1. The SMILES string of the molecule is COC(=O)CC1CN(CCC(=O)Nc2cc(Br)ccn2)CCN1C(=O)OC(C)(C)C. The fraction of sp³-hybridized carbons (Fsp3) is 0.600. The molecule has 1 aliphatic heterocycles. The average Bonchev–Trinajstić information content (AvgIpc) is 2.65. The van der Waals surface area contributed by atoms with Gasteiger partial charge in [-0.2, -0.15) is 0 Å². The summed E-state index contributed by atoms with van der Waals surface area (Å²) in [5.74, 6) is -0.0683. The van der Waals surface area contributed by atoms with Crippen LogP contribution in [-0.4, -0.2) is 77.7 Å². The van der Waals surface area contributed by atoms with Crippen molar-refractivity contribution in [3.8, 4) is 0 Å². The van der Waals surface area contributed by atoms with Gasteiger partial charge in [0.1, 0.15) is 11.4 Å². The molecule has 1 atom stereocenters. The highest BCUT2D eigenvalue weighted by Crippen LogP contribution is 2.19. The summed E-state index contributed by atoms with van der Waals surface area (Å²) in [4.78, 5) is 44.4. The van der Waals surface area contributed by atoms with Gasteiger partial charge in [-0.25, -0.2) is 9.78 Å². The van der Waals surface area contributed by atoms with Gasteiger partial charge in [0.05, 0.1) is 19.6 Å². The molecule has 0 bridgehead atoms. The maximum absolute atomic E-state index is 12.6. The summed E-state index contributed by atoms with van der Waals surface area (Å²) in [5.41, 5.74) is -0.622. The molecule has 1 aromatic heterocycles. The lowest BCUT2D eigenvalue weighted by atomic mass is 10.1. The van der Waals surface area contributed by atoms with Gasteiger partial charge in [0.15, 0.2) is 0 Å². The second-order valence-corrected chi connectivity index (χ2v) is 8.98. The first-order valence-corrected chi connectivity index (χ1v) is 10.6. The van der Waals surface area contributed by atoms with Crippen LogP contribution < -0.4 is 5.32 Å². The van der Waals surface area contributed by atoms with Crippen molar-refractivity contribution in [2.45, 2.75) is 45.3 Å². The van der Waals surface area contributed by atoms with Gasteiger partial charge in [0, 0.05) is 43.3 Å². The molecule has 1 fully saturated rings. The number of aromatic nitrogens is 1. The number of hydrogen-bond donors (Lipinski definition) is 1. The van der Waals surface area contributed by atoms with Crippen LogP contribution in [0.4, 0.5) is 10.6 Å². The Morgan fingerprint density at radius 2 is 2.03 bits per heavy atom. The van der Waals surface area contributed by atoms with Gasteiger partial charge < -0.3 is 19.7 Å². The van der Waals surface area contributed by atoms with Crippen LogP contribution >= 0.6 is 15.9 Å². The molecule has 0 aliphatic carbocycles. The minimum absolute atomic E-state index is 0.0698. The van der Waals surface area contributed by atoms with Gasteiger partial charge in [-0.1, -0.05) is 15.9 Å². The molecule has 10 heteroatoms. The van der Waals surface area contributed by atoms with Gasteiger partial charge in [0.2, 0.25) is 5.91 Å². The number of esters is 1. The smallest absolute Gasteiger partial charge is 0.410 e. The molecular formula is C20H29BrN4O5. The number of piperazine rings is 1. The molecule has 2 heterocycles. The lowest BCUT2D eigenvalue weighted by molar-refractivity contribution is -0.142. The fourth-order valence-electron chi connectivity index (χ4n) is 3.07. The van der Waals surface area contributed by atoms with Crippen molar-refractivity contribution >= 4 is 39.7 Å². The van der Waals surface area contributed by atoms with Crippen LogP contribution in [0.2, 0.25) is 0 Å². The number of halogens is 1. The molecule has 2 rings (SSSR count). The summed E-state index contributed by atoms with van der Waals surface area (Å²) < 4.78 is 11.1. The van der Waals surface area contributed by atoms with E-state index in [0.717, 1.165) is 4.47 Å². The van der Waals surface area contributed by atoms with Crippen LogP contribution in [0.25, 0.3) is 0 Å². The molecule has 0 spiro atoms. The molecule has 30 heavy (non-hydrogen) atoms. The van der Waals surface area contributed by atoms with E-state index in [1.165, 1.54) is 7.11 Å². The van der Waals surface area contributed by atoms with Crippen molar-refractivity contribution in [1.82, 2.24) is 14.8 Å². The first-order valence-electron chi connectivity index (χ1n) is 9.77. The predicted molar refractivity (Wildman–Crippen MR) is 115 cm³/mol. The first-order chi connectivity index (χ1) is 14.1. The number of rotatable bonds is 6. The van der Waals surface area contributed by atoms with E-state index in [2.05, 4.69) is 31.1 Å². The van der Waals surface area contributed by atoms with E-state index in [9.17, 15) is 14.4 Å². The monoisotopic (exact) mass is 484 g/mol. The lowest BCUT2D eigenvalue weighted by Gasteiger charge is -2.41. The number of amides is 2. The predicted octanol–water partition coefficient (Wildman–Crippen LogP) is 2.66. The maximum Gasteiger partial charge on any atom is 0.410 e. The van der Waals surface area contributed by atoms with Crippen molar-refractivity contribution in [2.24, 2.45) is 0 Å². The first kappa shape index (κ1) is 24.1. The van der Waals surface area contributed by atoms with Gasteiger partial charge >= 0.3 is 12.1 Å². The highest BCUT2D eigenvalue weighted by Gasteiger charge is 2.34. The van der Waals surface area contributed by atoms with E-state index in [1.807, 2.05) is 0 Å². The van der Waals surface area contributed by atoms with Crippen LogP contribution in [0.3, 0.4) is 0 Å². The molecule has 1 aromatic rings. The van der Waals surface area contributed by atoms with Crippen molar-refractivity contribution in [2.75, 3.05) is 38.6 Å². The molecule has 9 nitrogen and oxygen atoms in total. The van der Waals surface area contributed by atoms with Crippen molar-refractivity contribution in [3.63, 3.8) is 0 Å². The fourth-order valence-corrected chi connectivity index (χ4v) is 3.41.